The Hall–Kier alpha value is -3.83. The van der Waals surface area contributed by atoms with Gasteiger partial charge in [-0.05, 0) is 78.3 Å². The molecule has 0 radical (unpaired) electrons. The Morgan fingerprint density at radius 3 is 2.32 bits per heavy atom. The molecule has 41 heavy (non-hydrogen) atoms. The highest BCUT2D eigenvalue weighted by Gasteiger charge is 2.31. The molecule has 0 saturated carbocycles. The third-order valence-corrected chi connectivity index (χ3v) is 9.43. The number of carbonyl (C=O) groups is 1. The standard InChI is InChI=1S/C30H30F3N3O4S/c31-30(32,33)23-7-9-24(10-8-23)40-15-4-16-41(38,39)36-13-11-21(12-14-36)27-19-35-28-25(27)17-22(18-26(28)29(34)37)20-5-2-1-3-6-20/h1-3,5-10,17-19,21,35H,4,11-16H2,(H2,34,37). The predicted molar refractivity (Wildman–Crippen MR) is 151 cm³/mol. The molecule has 5 rings (SSSR count). The summed E-state index contributed by atoms with van der Waals surface area (Å²) in [5.41, 5.74) is 8.89. The fourth-order valence-electron chi connectivity index (χ4n) is 5.33. The van der Waals surface area contributed by atoms with Gasteiger partial charge in [0.1, 0.15) is 5.75 Å². The van der Waals surface area contributed by atoms with Crippen molar-refractivity contribution in [2.45, 2.75) is 31.4 Å². The maximum Gasteiger partial charge on any atom is 0.416 e. The van der Waals surface area contributed by atoms with Crippen LogP contribution in [0, 0.1) is 0 Å². The van der Waals surface area contributed by atoms with Crippen LogP contribution in [0.2, 0.25) is 0 Å². The van der Waals surface area contributed by atoms with Crippen molar-refractivity contribution < 1.29 is 31.1 Å². The number of rotatable bonds is 9. The van der Waals surface area contributed by atoms with Crippen molar-refractivity contribution in [2.24, 2.45) is 5.73 Å². The van der Waals surface area contributed by atoms with Crippen molar-refractivity contribution >= 4 is 26.8 Å². The smallest absolute Gasteiger partial charge is 0.416 e. The van der Waals surface area contributed by atoms with E-state index in [1.165, 1.54) is 16.4 Å². The van der Waals surface area contributed by atoms with Gasteiger partial charge in [-0.3, -0.25) is 4.79 Å². The van der Waals surface area contributed by atoms with E-state index in [0.717, 1.165) is 34.2 Å². The fraction of sp³-hybridized carbons (Fsp3) is 0.300. The van der Waals surface area contributed by atoms with E-state index in [0.29, 0.717) is 37.0 Å². The summed E-state index contributed by atoms with van der Waals surface area (Å²) in [7, 11) is -3.52. The summed E-state index contributed by atoms with van der Waals surface area (Å²) in [6.07, 6.45) is -1.08. The average molecular weight is 586 g/mol. The van der Waals surface area contributed by atoms with E-state index >= 15 is 0 Å². The largest absolute Gasteiger partial charge is 0.494 e. The molecule has 1 saturated heterocycles. The summed E-state index contributed by atoms with van der Waals surface area (Å²) in [4.78, 5) is 15.5. The number of hydrogen-bond donors (Lipinski definition) is 2. The first-order valence-corrected chi connectivity index (χ1v) is 14.9. The van der Waals surface area contributed by atoms with Crippen LogP contribution in [-0.4, -0.2) is 49.1 Å². The van der Waals surface area contributed by atoms with Gasteiger partial charge in [-0.2, -0.15) is 13.2 Å². The number of primary amides is 1. The van der Waals surface area contributed by atoms with Gasteiger partial charge in [0.05, 0.1) is 29.0 Å². The Bertz CT molecular complexity index is 1630. The second-order valence-corrected chi connectivity index (χ2v) is 12.2. The molecule has 11 heteroatoms. The van der Waals surface area contributed by atoms with Gasteiger partial charge in [0.25, 0.3) is 5.91 Å². The highest BCUT2D eigenvalue weighted by atomic mass is 32.2. The number of benzene rings is 3. The second-order valence-electron chi connectivity index (χ2n) is 10.1. The number of piperidine rings is 1. The van der Waals surface area contributed by atoms with E-state index in [1.54, 1.807) is 6.07 Å². The van der Waals surface area contributed by atoms with Crippen molar-refractivity contribution in [3.8, 4) is 16.9 Å². The Morgan fingerprint density at radius 2 is 1.68 bits per heavy atom. The number of fused-ring (bicyclic) bond motifs is 1. The van der Waals surface area contributed by atoms with Gasteiger partial charge < -0.3 is 15.5 Å². The van der Waals surface area contributed by atoms with Crippen molar-refractivity contribution in [3.05, 3.63) is 89.6 Å². The van der Waals surface area contributed by atoms with E-state index in [2.05, 4.69) is 4.98 Å². The summed E-state index contributed by atoms with van der Waals surface area (Å²) >= 11 is 0. The number of sulfonamides is 1. The normalized spacial score (nSPS) is 15.3. The number of carbonyl (C=O) groups excluding carboxylic acids is 1. The van der Waals surface area contributed by atoms with Crippen LogP contribution in [0.3, 0.4) is 0 Å². The van der Waals surface area contributed by atoms with Crippen LogP contribution in [0.4, 0.5) is 13.2 Å². The number of hydrogen-bond acceptors (Lipinski definition) is 4. The molecule has 1 amide bonds. The van der Waals surface area contributed by atoms with E-state index < -0.39 is 27.7 Å². The molecule has 0 aliphatic carbocycles. The fourth-order valence-corrected chi connectivity index (χ4v) is 6.84. The molecule has 0 bridgehead atoms. The molecule has 1 aliphatic heterocycles. The highest BCUT2D eigenvalue weighted by molar-refractivity contribution is 7.89. The number of aromatic amines is 1. The third-order valence-electron chi connectivity index (χ3n) is 7.48. The summed E-state index contributed by atoms with van der Waals surface area (Å²) < 4.78 is 71.0. The van der Waals surface area contributed by atoms with Gasteiger partial charge in [0.15, 0.2) is 0 Å². The molecule has 0 atom stereocenters. The molecule has 3 aromatic carbocycles. The monoisotopic (exact) mass is 585 g/mol. The number of nitrogens with two attached hydrogens (primary N) is 1. The van der Waals surface area contributed by atoms with E-state index in [4.69, 9.17) is 10.5 Å². The van der Waals surface area contributed by atoms with E-state index in [-0.39, 0.29) is 30.4 Å². The number of ether oxygens (including phenoxy) is 1. The van der Waals surface area contributed by atoms with Crippen LogP contribution in [-0.2, 0) is 16.2 Å². The zero-order valence-corrected chi connectivity index (χ0v) is 23.0. The number of nitrogens with one attached hydrogen (secondary N) is 1. The number of alkyl halides is 3. The molecule has 216 valence electrons. The summed E-state index contributed by atoms with van der Waals surface area (Å²) in [5.74, 6) is -0.285. The lowest BCUT2D eigenvalue weighted by Crippen LogP contribution is -2.39. The molecule has 1 aliphatic rings. The van der Waals surface area contributed by atoms with Crippen LogP contribution < -0.4 is 10.5 Å². The zero-order chi connectivity index (χ0) is 29.2. The number of amides is 1. The van der Waals surface area contributed by atoms with Crippen LogP contribution in [0.25, 0.3) is 22.0 Å². The van der Waals surface area contributed by atoms with Crippen LogP contribution >= 0.6 is 0 Å². The molecule has 0 unspecified atom stereocenters. The van der Waals surface area contributed by atoms with Crippen molar-refractivity contribution in [3.63, 3.8) is 0 Å². The molecule has 3 N–H and O–H groups in total. The Labute approximate surface area is 236 Å². The molecule has 1 fully saturated rings. The lowest BCUT2D eigenvalue weighted by atomic mass is 9.88. The van der Waals surface area contributed by atoms with Crippen LogP contribution in [0.15, 0.2) is 72.9 Å². The van der Waals surface area contributed by atoms with Gasteiger partial charge in [-0.15, -0.1) is 0 Å². The summed E-state index contributed by atoms with van der Waals surface area (Å²) in [5, 5.41) is 0.905. The number of H-pyrrole nitrogens is 1. The maximum absolute atomic E-state index is 13.0. The van der Waals surface area contributed by atoms with Gasteiger partial charge >= 0.3 is 6.18 Å². The topological polar surface area (TPSA) is 105 Å². The Kier molecular flexibility index (Phi) is 8.10. The quantitative estimate of drug-likeness (QED) is 0.238. The first-order valence-electron chi connectivity index (χ1n) is 13.3. The first kappa shape index (κ1) is 28.7. The lowest BCUT2D eigenvalue weighted by molar-refractivity contribution is -0.137. The first-order chi connectivity index (χ1) is 19.5. The minimum Gasteiger partial charge on any atom is -0.494 e. The van der Waals surface area contributed by atoms with Crippen LogP contribution in [0.1, 0.15) is 46.7 Å². The van der Waals surface area contributed by atoms with Crippen molar-refractivity contribution in [2.75, 3.05) is 25.4 Å². The average Bonchev–Trinajstić information content (AvgIpc) is 3.39. The minimum absolute atomic E-state index is 0.0718. The summed E-state index contributed by atoms with van der Waals surface area (Å²) in [6, 6.07) is 17.9. The van der Waals surface area contributed by atoms with E-state index in [9.17, 15) is 26.4 Å². The van der Waals surface area contributed by atoms with Crippen LogP contribution in [0.5, 0.6) is 5.75 Å². The molecular formula is C30H30F3N3O4S. The molecule has 0 spiro atoms. The Morgan fingerprint density at radius 1 is 1.00 bits per heavy atom. The van der Waals surface area contributed by atoms with Gasteiger partial charge in [0, 0.05) is 24.7 Å². The highest BCUT2D eigenvalue weighted by Crippen LogP contribution is 2.37. The molecule has 2 heterocycles. The maximum atomic E-state index is 13.0. The number of aromatic nitrogens is 1. The molecule has 7 nitrogen and oxygen atoms in total. The SMILES string of the molecule is NC(=O)c1cc(-c2ccccc2)cc2c(C3CCN(S(=O)(=O)CCCOc4ccc(C(F)(F)F)cc4)CC3)c[nH]c12. The predicted octanol–water partition coefficient (Wildman–Crippen LogP) is 5.93. The number of nitrogens with zero attached hydrogens (tertiary/aromatic N) is 1. The molecular weight excluding hydrogens is 555 g/mol. The summed E-state index contributed by atoms with van der Waals surface area (Å²) in [6.45, 7) is 0.795. The zero-order valence-electron chi connectivity index (χ0n) is 22.2. The van der Waals surface area contributed by atoms with Crippen molar-refractivity contribution in [1.29, 1.82) is 0 Å². The lowest BCUT2D eigenvalue weighted by Gasteiger charge is -2.31. The van der Waals surface area contributed by atoms with Gasteiger partial charge in [-0.25, -0.2) is 12.7 Å². The van der Waals surface area contributed by atoms with E-state index in [1.807, 2.05) is 42.6 Å². The Balaban J connectivity index is 1.21. The van der Waals surface area contributed by atoms with Crippen molar-refractivity contribution in [1.82, 2.24) is 9.29 Å². The second kappa shape index (κ2) is 11.6. The van der Waals surface area contributed by atoms with Gasteiger partial charge in [0.2, 0.25) is 10.0 Å². The molecule has 1 aromatic heterocycles. The number of halogens is 3. The molecule has 4 aromatic rings. The minimum atomic E-state index is -4.42. The van der Waals surface area contributed by atoms with Gasteiger partial charge in [-0.1, -0.05) is 30.3 Å². The third kappa shape index (κ3) is 6.41.